The third-order valence-corrected chi connectivity index (χ3v) is 3.64. The molecule has 0 unspecified atom stereocenters. The molecule has 4 heteroatoms. The lowest BCUT2D eigenvalue weighted by molar-refractivity contribution is 0.300. The zero-order chi connectivity index (χ0) is 14.7. The summed E-state index contributed by atoms with van der Waals surface area (Å²) in [7, 11) is 0. The summed E-state index contributed by atoms with van der Waals surface area (Å²) >= 11 is 3.43. The molecule has 0 fully saturated rings. The van der Waals surface area contributed by atoms with Crippen LogP contribution in [0, 0.1) is 12.7 Å². The predicted molar refractivity (Wildman–Crippen MR) is 82.2 cm³/mol. The summed E-state index contributed by atoms with van der Waals surface area (Å²) in [5.41, 5.74) is 8.74. The molecule has 0 aromatic heterocycles. The van der Waals surface area contributed by atoms with Gasteiger partial charge >= 0.3 is 0 Å². The predicted octanol–water partition coefficient (Wildman–Crippen LogP) is 4.50. The van der Waals surface area contributed by atoms with Gasteiger partial charge in [0, 0.05) is 16.1 Å². The summed E-state index contributed by atoms with van der Waals surface area (Å²) in [6.07, 6.45) is 0. The van der Waals surface area contributed by atoms with Crippen LogP contribution in [0.4, 0.5) is 4.39 Å². The van der Waals surface area contributed by atoms with Crippen molar-refractivity contribution >= 4 is 15.9 Å². The first kappa shape index (κ1) is 15.0. The van der Waals surface area contributed by atoms with Crippen LogP contribution in [0.2, 0.25) is 0 Å². The smallest absolute Gasteiger partial charge is 0.124 e. The van der Waals surface area contributed by atoms with Crippen LogP contribution in [0.3, 0.4) is 0 Å². The Bertz CT molecular complexity index is 613. The molecular formula is C16H17BrFNO. The zero-order valence-corrected chi connectivity index (χ0v) is 13.1. The maximum absolute atomic E-state index is 13.1. The Morgan fingerprint density at radius 2 is 2.00 bits per heavy atom. The third kappa shape index (κ3) is 3.58. The fourth-order valence-electron chi connectivity index (χ4n) is 1.98. The van der Waals surface area contributed by atoms with Crippen LogP contribution in [0.25, 0.3) is 0 Å². The van der Waals surface area contributed by atoms with E-state index in [1.54, 1.807) is 6.07 Å². The lowest BCUT2D eigenvalue weighted by Gasteiger charge is -2.15. The minimum absolute atomic E-state index is 0.114. The molecule has 0 saturated carbocycles. The average Bonchev–Trinajstić information content (AvgIpc) is 2.38. The zero-order valence-electron chi connectivity index (χ0n) is 11.5. The van der Waals surface area contributed by atoms with Gasteiger partial charge in [-0.15, -0.1) is 0 Å². The molecule has 0 bridgehead atoms. The van der Waals surface area contributed by atoms with Crippen LogP contribution >= 0.6 is 15.9 Å². The van der Waals surface area contributed by atoms with Crippen molar-refractivity contribution in [1.29, 1.82) is 0 Å². The van der Waals surface area contributed by atoms with Crippen molar-refractivity contribution in [2.45, 2.75) is 26.5 Å². The second-order valence-electron chi connectivity index (χ2n) is 4.83. The average molecular weight is 338 g/mol. The molecule has 20 heavy (non-hydrogen) atoms. The minimum Gasteiger partial charge on any atom is -0.489 e. The highest BCUT2D eigenvalue weighted by molar-refractivity contribution is 9.10. The summed E-state index contributed by atoms with van der Waals surface area (Å²) in [5, 5.41) is 0. The van der Waals surface area contributed by atoms with Crippen molar-refractivity contribution in [2.75, 3.05) is 0 Å². The summed E-state index contributed by atoms with van der Waals surface area (Å²) in [6.45, 7) is 4.18. The van der Waals surface area contributed by atoms with Gasteiger partial charge in [0.25, 0.3) is 0 Å². The highest BCUT2D eigenvalue weighted by Crippen LogP contribution is 2.28. The molecule has 2 aromatic rings. The molecule has 0 saturated heterocycles. The van der Waals surface area contributed by atoms with Crippen molar-refractivity contribution < 1.29 is 9.13 Å². The Kier molecular flexibility index (Phi) is 4.78. The molecule has 0 heterocycles. The van der Waals surface area contributed by atoms with Gasteiger partial charge < -0.3 is 10.5 Å². The van der Waals surface area contributed by atoms with E-state index < -0.39 is 0 Å². The van der Waals surface area contributed by atoms with Crippen molar-refractivity contribution in [2.24, 2.45) is 5.73 Å². The topological polar surface area (TPSA) is 35.2 Å². The molecule has 106 valence electrons. The van der Waals surface area contributed by atoms with Crippen molar-refractivity contribution in [3.8, 4) is 5.75 Å². The first-order valence-electron chi connectivity index (χ1n) is 6.40. The Morgan fingerprint density at radius 1 is 1.25 bits per heavy atom. The molecule has 2 rings (SSSR count). The van der Waals surface area contributed by atoms with Gasteiger partial charge in [0.2, 0.25) is 0 Å². The normalized spacial score (nSPS) is 12.2. The van der Waals surface area contributed by atoms with E-state index in [2.05, 4.69) is 15.9 Å². The number of hydrogen-bond acceptors (Lipinski definition) is 2. The Balaban J connectivity index is 2.18. The van der Waals surface area contributed by atoms with Gasteiger partial charge in [-0.25, -0.2) is 4.39 Å². The number of rotatable bonds is 4. The van der Waals surface area contributed by atoms with Crippen LogP contribution in [-0.4, -0.2) is 0 Å². The molecule has 0 aliphatic carbocycles. The number of ether oxygens (including phenoxy) is 1. The van der Waals surface area contributed by atoms with Gasteiger partial charge in [0.1, 0.15) is 18.2 Å². The number of benzene rings is 2. The first-order chi connectivity index (χ1) is 9.47. The number of hydrogen-bond donors (Lipinski definition) is 1. The summed E-state index contributed by atoms with van der Waals surface area (Å²) in [5.74, 6) is 0.526. The van der Waals surface area contributed by atoms with E-state index in [9.17, 15) is 4.39 Å². The Labute approximate surface area is 126 Å². The van der Waals surface area contributed by atoms with E-state index >= 15 is 0 Å². The summed E-state index contributed by atoms with van der Waals surface area (Å²) in [4.78, 5) is 0. The van der Waals surface area contributed by atoms with Crippen molar-refractivity contribution in [1.82, 2.24) is 0 Å². The number of nitrogens with two attached hydrogens (primary N) is 1. The van der Waals surface area contributed by atoms with Gasteiger partial charge in [0.05, 0.1) is 0 Å². The molecule has 0 amide bonds. The van der Waals surface area contributed by atoms with E-state index in [0.29, 0.717) is 6.61 Å². The molecule has 0 aliphatic rings. The van der Waals surface area contributed by atoms with Gasteiger partial charge in [-0.2, -0.15) is 0 Å². The fraction of sp³-hybridized carbons (Fsp3) is 0.250. The first-order valence-corrected chi connectivity index (χ1v) is 7.19. The lowest BCUT2D eigenvalue weighted by Crippen LogP contribution is -2.08. The van der Waals surface area contributed by atoms with E-state index in [1.165, 1.54) is 12.1 Å². The molecule has 1 atom stereocenters. The van der Waals surface area contributed by atoms with Crippen LogP contribution in [0.15, 0.2) is 40.9 Å². The van der Waals surface area contributed by atoms with E-state index in [-0.39, 0.29) is 11.9 Å². The SMILES string of the molecule is Cc1cc(F)ccc1COc1ccc(Br)cc1[C@@H](C)N. The van der Waals surface area contributed by atoms with Crippen LogP contribution in [-0.2, 0) is 6.61 Å². The highest BCUT2D eigenvalue weighted by atomic mass is 79.9. The van der Waals surface area contributed by atoms with E-state index in [1.807, 2.05) is 32.0 Å². The molecule has 2 N–H and O–H groups in total. The number of halogens is 2. The monoisotopic (exact) mass is 337 g/mol. The summed E-state index contributed by atoms with van der Waals surface area (Å²) in [6, 6.07) is 10.3. The van der Waals surface area contributed by atoms with E-state index in [0.717, 1.165) is 26.9 Å². The molecule has 2 nitrogen and oxygen atoms in total. The molecule has 0 aliphatic heterocycles. The van der Waals surface area contributed by atoms with Crippen molar-refractivity contribution in [3.63, 3.8) is 0 Å². The van der Waals surface area contributed by atoms with Crippen LogP contribution < -0.4 is 10.5 Å². The number of aryl methyl sites for hydroxylation is 1. The Hall–Kier alpha value is -1.39. The van der Waals surface area contributed by atoms with Crippen LogP contribution in [0.5, 0.6) is 5.75 Å². The van der Waals surface area contributed by atoms with Gasteiger partial charge in [-0.05, 0) is 55.3 Å². The van der Waals surface area contributed by atoms with Gasteiger partial charge in [0.15, 0.2) is 0 Å². The standard InChI is InChI=1S/C16H17BrFNO/c1-10-7-14(18)5-3-12(10)9-20-16-6-4-13(17)8-15(16)11(2)19/h3-8,11H,9,19H2,1-2H3/t11-/m1/s1. The molecular weight excluding hydrogens is 321 g/mol. The lowest BCUT2D eigenvalue weighted by atomic mass is 10.1. The van der Waals surface area contributed by atoms with Crippen LogP contribution in [0.1, 0.15) is 29.7 Å². The van der Waals surface area contributed by atoms with Gasteiger partial charge in [-0.3, -0.25) is 0 Å². The van der Waals surface area contributed by atoms with Gasteiger partial charge in [-0.1, -0.05) is 22.0 Å². The molecule has 0 spiro atoms. The highest BCUT2D eigenvalue weighted by Gasteiger charge is 2.10. The quantitative estimate of drug-likeness (QED) is 0.891. The summed E-state index contributed by atoms with van der Waals surface area (Å²) < 4.78 is 19.9. The maximum atomic E-state index is 13.1. The fourth-order valence-corrected chi connectivity index (χ4v) is 2.36. The second kappa shape index (κ2) is 6.37. The second-order valence-corrected chi connectivity index (χ2v) is 5.75. The maximum Gasteiger partial charge on any atom is 0.124 e. The third-order valence-electron chi connectivity index (χ3n) is 3.15. The largest absolute Gasteiger partial charge is 0.489 e. The molecule has 2 aromatic carbocycles. The van der Waals surface area contributed by atoms with E-state index in [4.69, 9.17) is 10.5 Å². The Morgan fingerprint density at radius 3 is 2.65 bits per heavy atom. The minimum atomic E-state index is -0.230. The molecule has 0 radical (unpaired) electrons. The van der Waals surface area contributed by atoms with Crippen molar-refractivity contribution in [3.05, 3.63) is 63.4 Å².